The normalized spacial score (nSPS) is 30.1. The Kier molecular flexibility index (Phi) is 4.07. The summed E-state index contributed by atoms with van der Waals surface area (Å²) in [6, 6.07) is 0.0339. The third-order valence-electron chi connectivity index (χ3n) is 3.88. The van der Waals surface area contributed by atoms with Gasteiger partial charge in [-0.2, -0.15) is 17.4 Å². The first kappa shape index (κ1) is 13.3. The first-order chi connectivity index (χ1) is 8.03. The molecule has 3 N–H and O–H groups in total. The van der Waals surface area contributed by atoms with Crippen molar-refractivity contribution in [2.24, 2.45) is 17.6 Å². The lowest BCUT2D eigenvalue weighted by Gasteiger charge is -2.24. The molecule has 6 heteroatoms. The smallest absolute Gasteiger partial charge is 0.279 e. The molecule has 2 aliphatic carbocycles. The molecule has 2 rings (SSSR count). The molecule has 0 heterocycles. The van der Waals surface area contributed by atoms with E-state index < -0.39 is 10.2 Å². The van der Waals surface area contributed by atoms with Crippen molar-refractivity contribution >= 4 is 10.2 Å². The second-order valence-electron chi connectivity index (χ2n) is 5.38. The lowest BCUT2D eigenvalue weighted by molar-refractivity contribution is 0.407. The van der Waals surface area contributed by atoms with E-state index in [1.54, 1.807) is 7.05 Å². The molecule has 2 atom stereocenters. The Morgan fingerprint density at radius 3 is 2.59 bits per heavy atom. The van der Waals surface area contributed by atoms with Gasteiger partial charge in [-0.3, -0.25) is 0 Å². The minimum absolute atomic E-state index is 0.0339. The van der Waals surface area contributed by atoms with Gasteiger partial charge in [-0.15, -0.1) is 0 Å². The Bertz CT molecular complexity index is 354. The van der Waals surface area contributed by atoms with Crippen molar-refractivity contribution in [3.8, 4) is 0 Å². The highest BCUT2D eigenvalue weighted by molar-refractivity contribution is 7.87. The quantitative estimate of drug-likeness (QED) is 0.721. The van der Waals surface area contributed by atoms with Crippen LogP contribution in [-0.2, 0) is 10.2 Å². The molecule has 0 spiro atoms. The molecule has 0 bridgehead atoms. The van der Waals surface area contributed by atoms with Crippen LogP contribution in [0.2, 0.25) is 0 Å². The Morgan fingerprint density at radius 1 is 1.29 bits per heavy atom. The Hall–Kier alpha value is -0.170. The first-order valence-electron chi connectivity index (χ1n) is 6.46. The molecule has 5 nitrogen and oxygen atoms in total. The highest BCUT2D eigenvalue weighted by Crippen LogP contribution is 2.30. The van der Waals surface area contributed by atoms with Gasteiger partial charge in [0.2, 0.25) is 0 Å². The molecule has 2 unspecified atom stereocenters. The summed E-state index contributed by atoms with van der Waals surface area (Å²) in [5.74, 6) is 0.879. The minimum Gasteiger partial charge on any atom is -0.330 e. The SMILES string of the molecule is CN(CC1CC1)S(=O)(=O)NC1CCCC1CN. The largest absolute Gasteiger partial charge is 0.330 e. The topological polar surface area (TPSA) is 75.4 Å². The van der Waals surface area contributed by atoms with Gasteiger partial charge in [0.1, 0.15) is 0 Å². The monoisotopic (exact) mass is 261 g/mol. The van der Waals surface area contributed by atoms with E-state index in [1.165, 1.54) is 4.31 Å². The van der Waals surface area contributed by atoms with Crippen molar-refractivity contribution in [2.75, 3.05) is 20.1 Å². The summed E-state index contributed by atoms with van der Waals surface area (Å²) >= 11 is 0. The van der Waals surface area contributed by atoms with E-state index in [2.05, 4.69) is 4.72 Å². The maximum Gasteiger partial charge on any atom is 0.279 e. The van der Waals surface area contributed by atoms with E-state index in [9.17, 15) is 8.42 Å². The molecule has 0 radical (unpaired) electrons. The molecule has 0 amide bonds. The number of nitrogens with zero attached hydrogens (tertiary/aromatic N) is 1. The van der Waals surface area contributed by atoms with Gasteiger partial charge in [0.15, 0.2) is 0 Å². The number of rotatable bonds is 6. The third kappa shape index (κ3) is 3.40. The molecule has 2 aliphatic rings. The van der Waals surface area contributed by atoms with Gasteiger partial charge < -0.3 is 5.73 Å². The molecule has 2 saturated carbocycles. The number of hydrogen-bond donors (Lipinski definition) is 2. The summed E-state index contributed by atoms with van der Waals surface area (Å²) in [4.78, 5) is 0. The fourth-order valence-corrected chi connectivity index (χ4v) is 3.80. The highest BCUT2D eigenvalue weighted by Gasteiger charge is 2.33. The molecule has 0 aromatic rings. The maximum absolute atomic E-state index is 12.1. The van der Waals surface area contributed by atoms with Crippen LogP contribution < -0.4 is 10.5 Å². The summed E-state index contributed by atoms with van der Waals surface area (Å²) in [5, 5.41) is 0. The first-order valence-corrected chi connectivity index (χ1v) is 7.90. The van der Waals surface area contributed by atoms with Gasteiger partial charge >= 0.3 is 0 Å². The van der Waals surface area contributed by atoms with E-state index in [0.29, 0.717) is 24.9 Å². The molecule has 0 aromatic carbocycles. The van der Waals surface area contributed by atoms with Crippen LogP contribution in [-0.4, -0.2) is 38.9 Å². The van der Waals surface area contributed by atoms with Gasteiger partial charge in [0.25, 0.3) is 10.2 Å². The molecule has 0 aliphatic heterocycles. The van der Waals surface area contributed by atoms with Crippen molar-refractivity contribution in [2.45, 2.75) is 38.1 Å². The zero-order valence-corrected chi connectivity index (χ0v) is 11.2. The van der Waals surface area contributed by atoms with Crippen LogP contribution in [0.25, 0.3) is 0 Å². The molecule has 0 aromatic heterocycles. The summed E-state index contributed by atoms with van der Waals surface area (Å²) in [6.07, 6.45) is 5.35. The second kappa shape index (κ2) is 5.22. The average molecular weight is 261 g/mol. The zero-order valence-electron chi connectivity index (χ0n) is 10.4. The van der Waals surface area contributed by atoms with E-state index in [1.807, 2.05) is 0 Å². The van der Waals surface area contributed by atoms with E-state index in [4.69, 9.17) is 5.73 Å². The molecular weight excluding hydrogens is 238 g/mol. The number of hydrogen-bond acceptors (Lipinski definition) is 3. The van der Waals surface area contributed by atoms with Crippen molar-refractivity contribution < 1.29 is 8.42 Å². The van der Waals surface area contributed by atoms with Crippen LogP contribution in [0.1, 0.15) is 32.1 Å². The van der Waals surface area contributed by atoms with Crippen molar-refractivity contribution in [3.05, 3.63) is 0 Å². The van der Waals surface area contributed by atoms with Gasteiger partial charge in [-0.25, -0.2) is 0 Å². The van der Waals surface area contributed by atoms with Crippen LogP contribution in [0.4, 0.5) is 0 Å². The van der Waals surface area contributed by atoms with Crippen molar-refractivity contribution in [3.63, 3.8) is 0 Å². The predicted molar refractivity (Wildman–Crippen MR) is 67.6 cm³/mol. The standard InChI is InChI=1S/C11H23N3O2S/c1-14(8-9-5-6-9)17(15,16)13-11-4-2-3-10(11)7-12/h9-11,13H,2-8,12H2,1H3. The van der Waals surface area contributed by atoms with Gasteiger partial charge in [-0.05, 0) is 44.1 Å². The predicted octanol–water partition coefficient (Wildman–Crippen LogP) is 0.290. The average Bonchev–Trinajstić information content (AvgIpc) is 2.97. The van der Waals surface area contributed by atoms with Crippen molar-refractivity contribution in [1.82, 2.24) is 9.03 Å². The van der Waals surface area contributed by atoms with Gasteiger partial charge in [0.05, 0.1) is 0 Å². The summed E-state index contributed by atoms with van der Waals surface area (Å²) in [7, 11) is -1.65. The highest BCUT2D eigenvalue weighted by atomic mass is 32.2. The van der Waals surface area contributed by atoms with Gasteiger partial charge in [0, 0.05) is 19.6 Å². The summed E-state index contributed by atoms with van der Waals surface area (Å²) < 4.78 is 28.4. The Labute approximate surface area is 104 Å². The van der Waals surface area contributed by atoms with Crippen molar-refractivity contribution in [1.29, 1.82) is 0 Å². The van der Waals surface area contributed by atoms with Crippen LogP contribution in [0, 0.1) is 11.8 Å². The zero-order chi connectivity index (χ0) is 12.5. The van der Waals surface area contributed by atoms with Crippen LogP contribution in [0.15, 0.2) is 0 Å². The van der Waals surface area contributed by atoms with E-state index in [-0.39, 0.29) is 6.04 Å². The molecule has 2 fully saturated rings. The summed E-state index contributed by atoms with van der Waals surface area (Å²) in [6.45, 7) is 1.22. The van der Waals surface area contributed by atoms with E-state index >= 15 is 0 Å². The molecule has 0 saturated heterocycles. The Balaban J connectivity index is 1.90. The fraction of sp³-hybridized carbons (Fsp3) is 1.00. The number of nitrogens with one attached hydrogen (secondary N) is 1. The number of nitrogens with two attached hydrogens (primary N) is 1. The molecule has 17 heavy (non-hydrogen) atoms. The summed E-state index contributed by atoms with van der Waals surface area (Å²) in [5.41, 5.74) is 5.66. The second-order valence-corrected chi connectivity index (χ2v) is 7.19. The molecular formula is C11H23N3O2S. The lowest BCUT2D eigenvalue weighted by Crippen LogP contribution is -2.46. The third-order valence-corrected chi connectivity index (χ3v) is 5.45. The van der Waals surface area contributed by atoms with Crippen LogP contribution in [0.3, 0.4) is 0 Å². The molecule has 100 valence electrons. The van der Waals surface area contributed by atoms with Crippen LogP contribution in [0.5, 0.6) is 0 Å². The Morgan fingerprint density at radius 2 is 2.00 bits per heavy atom. The van der Waals surface area contributed by atoms with Crippen LogP contribution >= 0.6 is 0 Å². The minimum atomic E-state index is -3.31. The lowest BCUT2D eigenvalue weighted by atomic mass is 10.1. The van der Waals surface area contributed by atoms with E-state index in [0.717, 1.165) is 32.1 Å². The van der Waals surface area contributed by atoms with Gasteiger partial charge in [-0.1, -0.05) is 6.42 Å². The fourth-order valence-electron chi connectivity index (χ4n) is 2.52. The maximum atomic E-state index is 12.1.